The zero-order chi connectivity index (χ0) is 18.4. The van der Waals surface area contributed by atoms with Crippen LogP contribution in [0.5, 0.6) is 5.75 Å². The molecule has 0 aliphatic carbocycles. The van der Waals surface area contributed by atoms with Gasteiger partial charge in [0.2, 0.25) is 0 Å². The normalized spacial score (nSPS) is 10.3. The summed E-state index contributed by atoms with van der Waals surface area (Å²) in [5.74, 6) is -0.868. The van der Waals surface area contributed by atoms with Crippen LogP contribution in [0.25, 0.3) is 0 Å². The molecule has 0 aliphatic rings. The van der Waals surface area contributed by atoms with Crippen LogP contribution in [0.15, 0.2) is 36.5 Å². The largest absolute Gasteiger partial charge is 0.482 e. The number of carboxylic acid groups (broad SMARTS) is 1. The third kappa shape index (κ3) is 5.20. The number of nitrogens with zero attached hydrogens (tertiary/aromatic N) is 1. The van der Waals surface area contributed by atoms with Crippen molar-refractivity contribution >= 4 is 17.7 Å². The van der Waals surface area contributed by atoms with E-state index >= 15 is 0 Å². The number of carboxylic acids is 1. The highest BCUT2D eigenvalue weighted by Crippen LogP contribution is 2.12. The Hall–Kier alpha value is -3.09. The van der Waals surface area contributed by atoms with Gasteiger partial charge in [0.25, 0.3) is 5.91 Å². The van der Waals surface area contributed by atoms with Crippen molar-refractivity contribution in [3.63, 3.8) is 0 Å². The molecule has 0 spiro atoms. The van der Waals surface area contributed by atoms with Gasteiger partial charge in [-0.2, -0.15) is 0 Å². The SMILES string of the molecule is CC(=O)c1cc(C(=O)NCCc2ccc(OCC(=O)O)cc2)n(C)c1. The fourth-order valence-electron chi connectivity index (χ4n) is 2.29. The molecule has 0 unspecified atom stereocenters. The minimum atomic E-state index is -1.03. The molecule has 25 heavy (non-hydrogen) atoms. The fraction of sp³-hybridized carbons (Fsp3) is 0.278. The number of aliphatic carboxylic acids is 1. The Morgan fingerprint density at radius 1 is 1.20 bits per heavy atom. The van der Waals surface area contributed by atoms with E-state index in [1.807, 2.05) is 12.1 Å². The molecule has 0 aliphatic heterocycles. The van der Waals surface area contributed by atoms with Gasteiger partial charge >= 0.3 is 5.97 Å². The maximum Gasteiger partial charge on any atom is 0.341 e. The molecule has 2 aromatic rings. The summed E-state index contributed by atoms with van der Waals surface area (Å²) in [6.07, 6.45) is 2.25. The van der Waals surface area contributed by atoms with E-state index in [0.717, 1.165) is 5.56 Å². The van der Waals surface area contributed by atoms with Crippen LogP contribution in [0.2, 0.25) is 0 Å². The third-order valence-corrected chi connectivity index (χ3v) is 3.63. The van der Waals surface area contributed by atoms with E-state index in [1.54, 1.807) is 36.0 Å². The van der Waals surface area contributed by atoms with Gasteiger partial charge in [-0.3, -0.25) is 9.59 Å². The Kier molecular flexibility index (Phi) is 5.94. The maximum atomic E-state index is 12.2. The van der Waals surface area contributed by atoms with E-state index in [1.165, 1.54) is 6.92 Å². The van der Waals surface area contributed by atoms with Crippen LogP contribution in [0.4, 0.5) is 0 Å². The number of amides is 1. The molecular weight excluding hydrogens is 324 g/mol. The van der Waals surface area contributed by atoms with Gasteiger partial charge in [0.05, 0.1) is 0 Å². The number of ether oxygens (including phenoxy) is 1. The standard InChI is InChI=1S/C18H20N2O5/c1-12(21)14-9-16(20(2)10-14)18(24)19-8-7-13-3-5-15(6-4-13)25-11-17(22)23/h3-6,9-10H,7-8,11H2,1-2H3,(H,19,24)(H,22,23). The summed E-state index contributed by atoms with van der Waals surface area (Å²) in [6, 6.07) is 8.60. The zero-order valence-electron chi connectivity index (χ0n) is 14.1. The number of carbonyl (C=O) groups excluding carboxylic acids is 2. The Morgan fingerprint density at radius 3 is 2.44 bits per heavy atom. The molecule has 2 N–H and O–H groups in total. The first kappa shape index (κ1) is 18.3. The van der Waals surface area contributed by atoms with Crippen molar-refractivity contribution in [1.82, 2.24) is 9.88 Å². The first-order chi connectivity index (χ1) is 11.9. The maximum absolute atomic E-state index is 12.2. The van der Waals surface area contributed by atoms with Crippen molar-refractivity contribution in [3.8, 4) is 5.75 Å². The zero-order valence-corrected chi connectivity index (χ0v) is 14.1. The molecule has 1 aromatic carbocycles. The molecule has 7 heteroatoms. The van der Waals surface area contributed by atoms with E-state index in [9.17, 15) is 14.4 Å². The second-order valence-electron chi connectivity index (χ2n) is 5.61. The molecule has 2 rings (SSSR count). The summed E-state index contributed by atoms with van der Waals surface area (Å²) in [6.45, 7) is 1.52. The summed E-state index contributed by atoms with van der Waals surface area (Å²) in [5.41, 5.74) is 1.92. The Morgan fingerprint density at radius 2 is 1.88 bits per heavy atom. The van der Waals surface area contributed by atoms with E-state index in [-0.39, 0.29) is 18.3 Å². The van der Waals surface area contributed by atoms with Gasteiger partial charge in [0, 0.05) is 25.4 Å². The van der Waals surface area contributed by atoms with Crippen LogP contribution in [0, 0.1) is 0 Å². The number of carbonyl (C=O) groups is 3. The lowest BCUT2D eigenvalue weighted by molar-refractivity contribution is -0.139. The van der Waals surface area contributed by atoms with Gasteiger partial charge in [-0.1, -0.05) is 12.1 Å². The summed E-state index contributed by atoms with van der Waals surface area (Å²) >= 11 is 0. The highest BCUT2D eigenvalue weighted by Gasteiger charge is 2.13. The van der Waals surface area contributed by atoms with Gasteiger partial charge in [-0.05, 0) is 37.1 Å². The molecular formula is C18H20N2O5. The van der Waals surface area contributed by atoms with Gasteiger partial charge in [0.15, 0.2) is 12.4 Å². The molecule has 0 atom stereocenters. The van der Waals surface area contributed by atoms with Crippen molar-refractivity contribution in [2.45, 2.75) is 13.3 Å². The predicted molar refractivity (Wildman–Crippen MR) is 91.0 cm³/mol. The van der Waals surface area contributed by atoms with E-state index in [0.29, 0.717) is 30.0 Å². The number of hydrogen-bond donors (Lipinski definition) is 2. The lowest BCUT2D eigenvalue weighted by atomic mass is 10.1. The first-order valence-electron chi connectivity index (χ1n) is 7.76. The number of rotatable bonds is 8. The number of benzene rings is 1. The second kappa shape index (κ2) is 8.14. The number of aromatic nitrogens is 1. The summed E-state index contributed by atoms with van der Waals surface area (Å²) in [7, 11) is 1.72. The van der Waals surface area contributed by atoms with E-state index in [4.69, 9.17) is 9.84 Å². The van der Waals surface area contributed by atoms with Crippen LogP contribution >= 0.6 is 0 Å². The molecule has 0 fully saturated rings. The summed E-state index contributed by atoms with van der Waals surface area (Å²) in [5, 5.41) is 11.4. The van der Waals surface area contributed by atoms with Crippen molar-refractivity contribution in [2.75, 3.05) is 13.2 Å². The second-order valence-corrected chi connectivity index (χ2v) is 5.61. The molecule has 1 amide bonds. The van der Waals surface area contributed by atoms with Crippen LogP contribution < -0.4 is 10.1 Å². The monoisotopic (exact) mass is 344 g/mol. The van der Waals surface area contributed by atoms with Crippen molar-refractivity contribution in [1.29, 1.82) is 0 Å². The number of ketones is 1. The average Bonchev–Trinajstić information content (AvgIpc) is 2.96. The van der Waals surface area contributed by atoms with Crippen molar-refractivity contribution in [2.24, 2.45) is 7.05 Å². The lowest BCUT2D eigenvalue weighted by Gasteiger charge is -2.07. The molecule has 0 saturated heterocycles. The number of Topliss-reactive ketones (excluding diaryl/α,β-unsaturated/α-hetero) is 1. The van der Waals surface area contributed by atoms with Crippen LogP contribution in [0.1, 0.15) is 33.3 Å². The number of hydrogen-bond acceptors (Lipinski definition) is 4. The van der Waals surface area contributed by atoms with Gasteiger partial charge in [-0.15, -0.1) is 0 Å². The van der Waals surface area contributed by atoms with Crippen LogP contribution in [-0.4, -0.2) is 40.5 Å². The minimum Gasteiger partial charge on any atom is -0.482 e. The highest BCUT2D eigenvalue weighted by atomic mass is 16.5. The molecule has 1 aromatic heterocycles. The molecule has 132 valence electrons. The third-order valence-electron chi connectivity index (χ3n) is 3.63. The smallest absolute Gasteiger partial charge is 0.341 e. The summed E-state index contributed by atoms with van der Waals surface area (Å²) in [4.78, 5) is 34.0. The Bertz CT molecular complexity index is 777. The molecule has 0 bridgehead atoms. The van der Waals surface area contributed by atoms with Crippen molar-refractivity contribution < 1.29 is 24.2 Å². The fourth-order valence-corrected chi connectivity index (χ4v) is 2.29. The Balaban J connectivity index is 1.85. The van der Waals surface area contributed by atoms with Crippen LogP contribution in [-0.2, 0) is 18.3 Å². The van der Waals surface area contributed by atoms with E-state index in [2.05, 4.69) is 5.32 Å². The molecule has 1 heterocycles. The minimum absolute atomic E-state index is 0.0835. The van der Waals surface area contributed by atoms with Crippen molar-refractivity contribution in [3.05, 3.63) is 53.3 Å². The molecule has 0 saturated carbocycles. The lowest BCUT2D eigenvalue weighted by Crippen LogP contribution is -2.27. The topological polar surface area (TPSA) is 97.6 Å². The number of nitrogens with one attached hydrogen (secondary N) is 1. The molecule has 0 radical (unpaired) electrons. The average molecular weight is 344 g/mol. The quantitative estimate of drug-likeness (QED) is 0.710. The first-order valence-corrected chi connectivity index (χ1v) is 7.76. The number of aryl methyl sites for hydroxylation is 1. The van der Waals surface area contributed by atoms with E-state index < -0.39 is 5.97 Å². The highest BCUT2D eigenvalue weighted by molar-refractivity contribution is 5.99. The van der Waals surface area contributed by atoms with Gasteiger partial charge < -0.3 is 19.7 Å². The van der Waals surface area contributed by atoms with Crippen LogP contribution in [0.3, 0.4) is 0 Å². The predicted octanol–water partition coefficient (Wildman–Crippen LogP) is 1.66. The summed E-state index contributed by atoms with van der Waals surface area (Å²) < 4.78 is 6.68. The Labute approximate surface area is 145 Å². The van der Waals surface area contributed by atoms with Gasteiger partial charge in [-0.25, -0.2) is 4.79 Å². The van der Waals surface area contributed by atoms with Gasteiger partial charge in [0.1, 0.15) is 11.4 Å². The molecule has 7 nitrogen and oxygen atoms in total.